The number of phosphoric ester groups is 2. The third-order valence-corrected chi connectivity index (χ3v) is 15.7. The van der Waals surface area contributed by atoms with Crippen LogP contribution in [0.1, 0.15) is 246 Å². The third kappa shape index (κ3) is 65.6. The predicted octanol–water partition coefficient (Wildman–Crippen LogP) is 19.5. The minimum Gasteiger partial charge on any atom is -0.462 e. The molecule has 0 aromatic carbocycles. The van der Waals surface area contributed by atoms with E-state index >= 15 is 0 Å². The zero-order valence-electron chi connectivity index (χ0n) is 57.8. The van der Waals surface area contributed by atoms with Crippen LogP contribution in [0.3, 0.4) is 0 Å². The lowest BCUT2D eigenvalue weighted by molar-refractivity contribution is -0.161. The van der Waals surface area contributed by atoms with E-state index in [1.54, 1.807) is 6.08 Å². The molecule has 534 valence electrons. The number of esters is 4. The van der Waals surface area contributed by atoms with Crippen LogP contribution in [0, 0.1) is 0 Å². The van der Waals surface area contributed by atoms with E-state index in [9.17, 15) is 43.2 Å². The van der Waals surface area contributed by atoms with Gasteiger partial charge in [-0.3, -0.25) is 37.3 Å². The number of rotatable bonds is 64. The van der Waals surface area contributed by atoms with Crippen molar-refractivity contribution in [2.45, 2.75) is 264 Å². The van der Waals surface area contributed by atoms with Crippen molar-refractivity contribution in [3.05, 3.63) is 146 Å². The lowest BCUT2D eigenvalue weighted by atomic mass is 10.1. The van der Waals surface area contributed by atoms with Crippen molar-refractivity contribution in [1.29, 1.82) is 0 Å². The highest BCUT2D eigenvalue weighted by Crippen LogP contribution is 2.45. The van der Waals surface area contributed by atoms with Crippen LogP contribution in [0.2, 0.25) is 0 Å². The molecule has 5 unspecified atom stereocenters. The van der Waals surface area contributed by atoms with Crippen LogP contribution < -0.4 is 0 Å². The lowest BCUT2D eigenvalue weighted by Crippen LogP contribution is -2.30. The summed E-state index contributed by atoms with van der Waals surface area (Å²) in [6, 6.07) is 0. The van der Waals surface area contributed by atoms with Crippen molar-refractivity contribution in [2.24, 2.45) is 0 Å². The van der Waals surface area contributed by atoms with E-state index in [0.717, 1.165) is 141 Å². The highest BCUT2D eigenvalue weighted by Gasteiger charge is 2.30. The maximum atomic E-state index is 13.0. The van der Waals surface area contributed by atoms with E-state index in [2.05, 4.69) is 137 Å². The standard InChI is InChI=1S/C75H122O17P2/c1-5-9-13-17-21-25-29-31-33-34-36-38-42-44-48-52-56-60-73(78)86-66-71(92-75(80)62-58-54-50-46-40-28-24-20-16-12-8-4)68-90-94(83,84)88-64-69(76)63-87-93(81,82)89-67-70(91-74(79)61-57-53-49-45-39-27-23-19-15-11-7-3)65-85-72(77)59-55-51-47-43-41-37-35-32-30-26-22-18-14-10-6-2/h9-10,13-14,19-26,31-33,35-36,38,41,43-44,48,51,55,69-71,76H,5-8,11-12,15-18,27-30,34,37,39-40,42,45-47,49-50,52-54,56-68H2,1-4H3,(H,81,82)(H,83,84)/b13-9-,14-10-,23-19-,24-20-,25-21-,26-22-,33-31-,35-32-,38-36-,43-41-,48-44-,55-51-. The number of carbonyl (C=O) groups is 4. The lowest BCUT2D eigenvalue weighted by Gasteiger charge is -2.21. The predicted molar refractivity (Wildman–Crippen MR) is 380 cm³/mol. The molecular weight excluding hydrogens is 1230 g/mol. The fourth-order valence-corrected chi connectivity index (χ4v) is 10.0. The van der Waals surface area contributed by atoms with Crippen LogP contribution in [0.5, 0.6) is 0 Å². The first-order valence-electron chi connectivity index (χ1n) is 35.1. The largest absolute Gasteiger partial charge is 0.472 e. The molecule has 0 amide bonds. The summed E-state index contributed by atoms with van der Waals surface area (Å²) < 4.78 is 68.0. The van der Waals surface area contributed by atoms with E-state index < -0.39 is 97.5 Å². The van der Waals surface area contributed by atoms with Gasteiger partial charge in [-0.2, -0.15) is 0 Å². The van der Waals surface area contributed by atoms with Crippen molar-refractivity contribution < 1.29 is 80.2 Å². The molecule has 0 heterocycles. The number of allylic oxidation sites excluding steroid dienone is 23. The van der Waals surface area contributed by atoms with Crippen molar-refractivity contribution in [3.63, 3.8) is 0 Å². The summed E-state index contributed by atoms with van der Waals surface area (Å²) in [6.07, 6.45) is 73.4. The van der Waals surface area contributed by atoms with Gasteiger partial charge >= 0.3 is 39.5 Å². The van der Waals surface area contributed by atoms with Crippen LogP contribution in [0.15, 0.2) is 146 Å². The Kier molecular flexibility index (Phi) is 63.0. The number of hydrogen-bond acceptors (Lipinski definition) is 15. The molecule has 0 bridgehead atoms. The number of phosphoric acid groups is 2. The second kappa shape index (κ2) is 66.5. The number of hydrogen-bond donors (Lipinski definition) is 3. The summed E-state index contributed by atoms with van der Waals surface area (Å²) >= 11 is 0. The highest BCUT2D eigenvalue weighted by molar-refractivity contribution is 7.47. The molecule has 0 rings (SSSR count). The molecule has 0 fully saturated rings. The van der Waals surface area contributed by atoms with Gasteiger partial charge < -0.3 is 33.8 Å². The Morgan fingerprint density at radius 3 is 0.989 bits per heavy atom. The Hall–Kier alpha value is -5.06. The number of unbranched alkanes of at least 4 members (excludes halogenated alkanes) is 15. The van der Waals surface area contributed by atoms with E-state index in [0.29, 0.717) is 32.1 Å². The first-order chi connectivity index (χ1) is 45.7. The Morgan fingerprint density at radius 2 is 0.606 bits per heavy atom. The summed E-state index contributed by atoms with van der Waals surface area (Å²) in [5.41, 5.74) is 0. The average Bonchev–Trinajstić information content (AvgIpc) is 1.32. The zero-order chi connectivity index (χ0) is 69.0. The van der Waals surface area contributed by atoms with E-state index in [4.69, 9.17) is 37.0 Å². The molecule has 0 saturated heterocycles. The summed E-state index contributed by atoms with van der Waals surface area (Å²) in [6.45, 7) is 4.31. The topological polar surface area (TPSA) is 237 Å². The molecular formula is C75H122O17P2. The Morgan fingerprint density at radius 1 is 0.319 bits per heavy atom. The van der Waals surface area contributed by atoms with Crippen LogP contribution in [0.25, 0.3) is 0 Å². The normalized spacial score (nSPS) is 14.9. The van der Waals surface area contributed by atoms with Gasteiger partial charge in [0.15, 0.2) is 12.2 Å². The van der Waals surface area contributed by atoms with E-state index in [-0.39, 0.29) is 25.7 Å². The Balaban J connectivity index is 5.43. The smallest absolute Gasteiger partial charge is 0.462 e. The molecule has 19 heteroatoms. The third-order valence-electron chi connectivity index (χ3n) is 13.8. The molecule has 0 aromatic heterocycles. The number of aliphatic hydroxyl groups excluding tert-OH is 1. The molecule has 0 aromatic rings. The Labute approximate surface area is 567 Å². The maximum absolute atomic E-state index is 13.0. The van der Waals surface area contributed by atoms with Crippen LogP contribution in [0.4, 0.5) is 0 Å². The van der Waals surface area contributed by atoms with Gasteiger partial charge in [-0.25, -0.2) is 9.13 Å². The summed E-state index contributed by atoms with van der Waals surface area (Å²) in [7, 11) is -9.99. The minimum absolute atomic E-state index is 0.0596. The van der Waals surface area contributed by atoms with Crippen molar-refractivity contribution in [3.8, 4) is 0 Å². The molecule has 17 nitrogen and oxygen atoms in total. The number of aliphatic hydroxyl groups is 1. The fraction of sp³-hybridized carbons (Fsp3) is 0.627. The van der Waals surface area contributed by atoms with E-state index in [1.807, 2.05) is 30.4 Å². The van der Waals surface area contributed by atoms with Crippen molar-refractivity contribution in [1.82, 2.24) is 0 Å². The van der Waals surface area contributed by atoms with Gasteiger partial charge in [0, 0.05) is 19.3 Å². The molecule has 0 spiro atoms. The summed E-state index contributed by atoms with van der Waals surface area (Å²) in [5.74, 6) is -2.43. The van der Waals surface area contributed by atoms with E-state index in [1.165, 1.54) is 19.3 Å². The summed E-state index contributed by atoms with van der Waals surface area (Å²) in [5, 5.41) is 10.6. The maximum Gasteiger partial charge on any atom is 0.472 e. The second-order valence-electron chi connectivity index (χ2n) is 22.7. The minimum atomic E-state index is -5.00. The van der Waals surface area contributed by atoms with Gasteiger partial charge in [-0.1, -0.05) is 238 Å². The van der Waals surface area contributed by atoms with Crippen molar-refractivity contribution in [2.75, 3.05) is 39.6 Å². The molecule has 0 saturated carbocycles. The first kappa shape index (κ1) is 88.9. The van der Waals surface area contributed by atoms with Gasteiger partial charge in [0.25, 0.3) is 0 Å². The molecule has 0 radical (unpaired) electrons. The number of carbonyl (C=O) groups excluding carboxylic acids is 4. The molecule has 0 aliphatic carbocycles. The molecule has 5 atom stereocenters. The molecule has 0 aliphatic rings. The van der Waals surface area contributed by atoms with Gasteiger partial charge in [-0.15, -0.1) is 0 Å². The van der Waals surface area contributed by atoms with Crippen LogP contribution in [-0.4, -0.2) is 96.7 Å². The Bertz CT molecular complexity index is 2360. The first-order valence-corrected chi connectivity index (χ1v) is 38.1. The monoisotopic (exact) mass is 1360 g/mol. The summed E-state index contributed by atoms with van der Waals surface area (Å²) in [4.78, 5) is 72.4. The molecule has 3 N–H and O–H groups in total. The van der Waals surface area contributed by atoms with Gasteiger partial charge in [0.2, 0.25) is 0 Å². The van der Waals surface area contributed by atoms with Crippen LogP contribution in [-0.2, 0) is 65.4 Å². The quantitative estimate of drug-likeness (QED) is 0.0169. The molecule has 94 heavy (non-hydrogen) atoms. The second-order valence-corrected chi connectivity index (χ2v) is 25.6. The van der Waals surface area contributed by atoms with Gasteiger partial charge in [0.1, 0.15) is 19.3 Å². The van der Waals surface area contributed by atoms with Crippen molar-refractivity contribution >= 4 is 39.5 Å². The SMILES string of the molecule is CC/C=C\C/C=C\C/C=C\C/C=C\C/C=C\CCCC(=O)OCC(COP(=O)(O)OCC(O)COP(=O)(O)OCC(COC(=O)C/C=C\C/C=C\C/C=C\C/C=C\C/C=C\CC)OC(=O)CCCCCCC/C=C\CCCC)OC(=O)CCCCCCC/C=C\CCCC. The highest BCUT2D eigenvalue weighted by atomic mass is 31.2. The zero-order valence-corrected chi connectivity index (χ0v) is 59.6. The fourth-order valence-electron chi connectivity index (χ4n) is 8.46. The van der Waals surface area contributed by atoms with Gasteiger partial charge in [0.05, 0.1) is 32.8 Å². The van der Waals surface area contributed by atoms with Crippen LogP contribution >= 0.6 is 15.6 Å². The average molecular weight is 1360 g/mol. The molecule has 0 aliphatic heterocycles. The van der Waals surface area contributed by atoms with Gasteiger partial charge in [-0.05, 0) is 128 Å². The number of ether oxygens (including phenoxy) is 4.